The Bertz CT molecular complexity index is 794. The van der Waals surface area contributed by atoms with E-state index < -0.39 is 0 Å². The van der Waals surface area contributed by atoms with E-state index in [2.05, 4.69) is 9.97 Å². The van der Waals surface area contributed by atoms with Gasteiger partial charge in [0.05, 0.1) is 7.11 Å². The van der Waals surface area contributed by atoms with E-state index in [0.717, 1.165) is 40.6 Å². The molecule has 4 heteroatoms. The maximum Gasteiger partial charge on any atom is 0.221 e. The van der Waals surface area contributed by atoms with Crippen molar-refractivity contribution in [2.24, 2.45) is 0 Å². The Morgan fingerprint density at radius 3 is 2.76 bits per heavy atom. The molecule has 0 atom stereocenters. The minimum atomic E-state index is 0.700. The van der Waals surface area contributed by atoms with Gasteiger partial charge < -0.3 is 14.5 Å². The minimum Gasteiger partial charge on any atom is -0.493 e. The quantitative estimate of drug-likeness (QED) is 0.607. The second-order valence-electron chi connectivity index (χ2n) is 4.95. The standard InChI is InChI=1S/C17H14N2O2/c1-20-14-9-5-8-12-10-13-17(21-15(12)14)19-16(18-13)11-6-3-2-4-7-11/h2-9H,10H2,1H3,(H,18,19). The number of methoxy groups -OCH3 is 1. The monoisotopic (exact) mass is 278 g/mol. The van der Waals surface area contributed by atoms with Gasteiger partial charge in [0.25, 0.3) is 0 Å². The summed E-state index contributed by atoms with van der Waals surface area (Å²) >= 11 is 0. The highest BCUT2D eigenvalue weighted by atomic mass is 16.5. The molecule has 2 heterocycles. The van der Waals surface area contributed by atoms with E-state index in [1.807, 2.05) is 48.5 Å². The van der Waals surface area contributed by atoms with Crippen LogP contribution in [0.2, 0.25) is 0 Å². The largest absolute Gasteiger partial charge is 0.493 e. The van der Waals surface area contributed by atoms with Crippen LogP contribution in [0.3, 0.4) is 0 Å². The Hall–Kier alpha value is -2.75. The topological polar surface area (TPSA) is 47.1 Å². The van der Waals surface area contributed by atoms with E-state index >= 15 is 0 Å². The molecule has 0 saturated heterocycles. The molecule has 0 spiro atoms. The molecule has 4 rings (SSSR count). The van der Waals surface area contributed by atoms with Crippen molar-refractivity contribution in [3.63, 3.8) is 0 Å². The van der Waals surface area contributed by atoms with Gasteiger partial charge in [0.2, 0.25) is 5.88 Å². The summed E-state index contributed by atoms with van der Waals surface area (Å²) in [7, 11) is 1.65. The molecule has 0 bridgehead atoms. The van der Waals surface area contributed by atoms with E-state index in [1.54, 1.807) is 7.11 Å². The van der Waals surface area contributed by atoms with Crippen LogP contribution in [0, 0.1) is 0 Å². The van der Waals surface area contributed by atoms with Crippen molar-refractivity contribution in [1.82, 2.24) is 9.97 Å². The van der Waals surface area contributed by atoms with E-state index in [1.165, 1.54) is 0 Å². The zero-order valence-electron chi connectivity index (χ0n) is 11.6. The van der Waals surface area contributed by atoms with Crippen molar-refractivity contribution in [2.45, 2.75) is 6.42 Å². The molecule has 0 amide bonds. The van der Waals surface area contributed by atoms with E-state index in [0.29, 0.717) is 5.88 Å². The molecule has 1 aliphatic heterocycles. The number of rotatable bonds is 2. The van der Waals surface area contributed by atoms with Crippen molar-refractivity contribution in [3.05, 3.63) is 59.8 Å². The predicted molar refractivity (Wildman–Crippen MR) is 79.9 cm³/mol. The summed E-state index contributed by atoms with van der Waals surface area (Å²) in [6.07, 6.45) is 0.741. The summed E-state index contributed by atoms with van der Waals surface area (Å²) < 4.78 is 11.3. The van der Waals surface area contributed by atoms with Crippen molar-refractivity contribution < 1.29 is 9.47 Å². The van der Waals surface area contributed by atoms with Crippen LogP contribution in [0.4, 0.5) is 0 Å². The molecule has 0 radical (unpaired) electrons. The number of hydrogen-bond acceptors (Lipinski definition) is 3. The zero-order valence-corrected chi connectivity index (χ0v) is 11.6. The first-order valence-corrected chi connectivity index (χ1v) is 6.83. The molecule has 0 fully saturated rings. The maximum atomic E-state index is 5.96. The Morgan fingerprint density at radius 2 is 1.95 bits per heavy atom. The third-order valence-electron chi connectivity index (χ3n) is 3.63. The van der Waals surface area contributed by atoms with Gasteiger partial charge in [-0.2, -0.15) is 0 Å². The van der Waals surface area contributed by atoms with Gasteiger partial charge in [-0.1, -0.05) is 42.5 Å². The first-order valence-electron chi connectivity index (χ1n) is 6.83. The lowest BCUT2D eigenvalue weighted by atomic mass is 10.1. The molecule has 1 N–H and O–H groups in total. The predicted octanol–water partition coefficient (Wildman–Crippen LogP) is 3.78. The van der Waals surface area contributed by atoms with Crippen LogP contribution in [0.1, 0.15) is 11.3 Å². The summed E-state index contributed by atoms with van der Waals surface area (Å²) in [6, 6.07) is 15.9. The van der Waals surface area contributed by atoms with Gasteiger partial charge >= 0.3 is 0 Å². The van der Waals surface area contributed by atoms with E-state index in [9.17, 15) is 0 Å². The number of fused-ring (bicyclic) bond motifs is 2. The highest BCUT2D eigenvalue weighted by molar-refractivity contribution is 5.60. The third kappa shape index (κ3) is 1.96. The number of benzene rings is 2. The fraction of sp³-hybridized carbons (Fsp3) is 0.118. The van der Waals surface area contributed by atoms with Crippen LogP contribution in [0.15, 0.2) is 48.5 Å². The Morgan fingerprint density at radius 1 is 1.10 bits per heavy atom. The van der Waals surface area contributed by atoms with Gasteiger partial charge in [0.1, 0.15) is 11.5 Å². The van der Waals surface area contributed by atoms with Crippen LogP contribution in [0.25, 0.3) is 11.4 Å². The molecule has 4 nitrogen and oxygen atoms in total. The van der Waals surface area contributed by atoms with Crippen molar-refractivity contribution in [3.8, 4) is 28.8 Å². The maximum absolute atomic E-state index is 5.96. The fourth-order valence-electron chi connectivity index (χ4n) is 2.59. The van der Waals surface area contributed by atoms with Crippen LogP contribution < -0.4 is 9.47 Å². The molecule has 1 aliphatic rings. The summed E-state index contributed by atoms with van der Waals surface area (Å²) in [4.78, 5) is 7.91. The summed E-state index contributed by atoms with van der Waals surface area (Å²) in [5.41, 5.74) is 3.06. The number of aromatic amines is 1. The highest BCUT2D eigenvalue weighted by Crippen LogP contribution is 2.41. The summed E-state index contributed by atoms with van der Waals surface area (Å²) in [5, 5.41) is 0. The van der Waals surface area contributed by atoms with Crippen LogP contribution in [-0.4, -0.2) is 17.1 Å². The number of nitrogens with zero attached hydrogens (tertiary/aromatic N) is 1. The number of hydrogen-bond donors (Lipinski definition) is 1. The number of H-pyrrole nitrogens is 1. The lowest BCUT2D eigenvalue weighted by molar-refractivity contribution is 0.366. The molecule has 21 heavy (non-hydrogen) atoms. The smallest absolute Gasteiger partial charge is 0.221 e. The van der Waals surface area contributed by atoms with Crippen molar-refractivity contribution >= 4 is 0 Å². The number of imidazole rings is 1. The Kier molecular flexibility index (Phi) is 2.67. The molecule has 0 unspecified atom stereocenters. The highest BCUT2D eigenvalue weighted by Gasteiger charge is 2.24. The molecule has 0 saturated carbocycles. The van der Waals surface area contributed by atoms with Crippen LogP contribution in [-0.2, 0) is 6.42 Å². The normalized spacial score (nSPS) is 12.2. The minimum absolute atomic E-state index is 0.700. The van der Waals surface area contributed by atoms with Gasteiger partial charge in [0, 0.05) is 17.5 Å². The van der Waals surface area contributed by atoms with E-state index in [-0.39, 0.29) is 0 Å². The van der Waals surface area contributed by atoms with Crippen LogP contribution in [0.5, 0.6) is 17.4 Å². The number of para-hydroxylation sites is 1. The molecular weight excluding hydrogens is 264 g/mol. The average Bonchev–Trinajstić information content (AvgIpc) is 2.96. The summed E-state index contributed by atoms with van der Waals surface area (Å²) in [6.45, 7) is 0. The van der Waals surface area contributed by atoms with Gasteiger partial charge in [0.15, 0.2) is 11.5 Å². The number of nitrogens with one attached hydrogen (secondary N) is 1. The Labute approximate surface area is 122 Å². The lowest BCUT2D eigenvalue weighted by Gasteiger charge is -2.18. The Balaban J connectivity index is 1.76. The fourth-order valence-corrected chi connectivity index (χ4v) is 2.59. The third-order valence-corrected chi connectivity index (χ3v) is 3.63. The lowest BCUT2D eigenvalue weighted by Crippen LogP contribution is -2.04. The summed E-state index contributed by atoms with van der Waals surface area (Å²) in [5.74, 6) is 3.04. The van der Waals surface area contributed by atoms with Gasteiger partial charge in [-0.05, 0) is 6.07 Å². The average molecular weight is 278 g/mol. The number of aromatic nitrogens is 2. The molecule has 3 aromatic rings. The van der Waals surface area contributed by atoms with Crippen molar-refractivity contribution in [1.29, 1.82) is 0 Å². The molecule has 104 valence electrons. The zero-order chi connectivity index (χ0) is 14.2. The van der Waals surface area contributed by atoms with E-state index in [4.69, 9.17) is 9.47 Å². The molecule has 1 aromatic heterocycles. The molecule has 0 aliphatic carbocycles. The van der Waals surface area contributed by atoms with Gasteiger partial charge in [-0.25, -0.2) is 4.98 Å². The second-order valence-corrected chi connectivity index (χ2v) is 4.95. The van der Waals surface area contributed by atoms with Crippen molar-refractivity contribution in [2.75, 3.05) is 7.11 Å². The SMILES string of the molecule is COc1cccc2c1Oc1[nH]c(-c3ccccc3)nc1C2. The van der Waals surface area contributed by atoms with Gasteiger partial charge in [-0.3, -0.25) is 0 Å². The first-order chi connectivity index (χ1) is 10.3. The molecular formula is C17H14N2O2. The first kappa shape index (κ1) is 12.0. The number of ether oxygens (including phenoxy) is 2. The second kappa shape index (κ2) is 4.66. The van der Waals surface area contributed by atoms with Gasteiger partial charge in [-0.15, -0.1) is 0 Å². The molecule has 2 aromatic carbocycles. The van der Waals surface area contributed by atoms with Crippen LogP contribution >= 0.6 is 0 Å².